The summed E-state index contributed by atoms with van der Waals surface area (Å²) in [5, 5.41) is 2.76. The Morgan fingerprint density at radius 3 is 2.68 bits per heavy atom. The molecule has 7 nitrogen and oxygen atoms in total. The topological polar surface area (TPSA) is 97.6 Å². The molecule has 3 amide bonds. The van der Waals surface area contributed by atoms with Gasteiger partial charge in [0.15, 0.2) is 0 Å². The number of carbonyl (C=O) groups is 2. The highest BCUT2D eigenvalue weighted by Crippen LogP contribution is 2.18. The number of nitrogens with one attached hydrogen (secondary N) is 1. The minimum Gasteiger partial charge on any atom is -0.473 e. The molecule has 1 aliphatic heterocycles. The fourth-order valence-electron chi connectivity index (χ4n) is 2.65. The van der Waals surface area contributed by atoms with E-state index in [-0.39, 0.29) is 17.9 Å². The summed E-state index contributed by atoms with van der Waals surface area (Å²) < 4.78 is 5.61. The van der Waals surface area contributed by atoms with Crippen LogP contribution in [-0.2, 0) is 11.4 Å². The molecular formula is C18H20N4O3. The first-order valence-electron chi connectivity index (χ1n) is 8.10. The zero-order valence-corrected chi connectivity index (χ0v) is 13.7. The Morgan fingerprint density at radius 1 is 1.24 bits per heavy atom. The highest BCUT2D eigenvalue weighted by molar-refractivity contribution is 5.90. The molecule has 1 fully saturated rings. The standard InChI is InChI=1S/C18H20N4O3/c19-17(23)14-8-9-22(11-14)18(24)21-15-6-7-16(20-10-15)25-12-13-4-2-1-3-5-13/h1-7,10,14H,8-9,11-12H2,(H2,19,23)(H,21,24). The van der Waals surface area contributed by atoms with E-state index in [2.05, 4.69) is 10.3 Å². The number of aromatic nitrogens is 1. The van der Waals surface area contributed by atoms with E-state index in [9.17, 15) is 9.59 Å². The fraction of sp³-hybridized carbons (Fsp3) is 0.278. The molecule has 3 rings (SSSR count). The van der Waals surface area contributed by atoms with Crippen molar-refractivity contribution in [2.24, 2.45) is 11.7 Å². The Balaban J connectivity index is 1.50. The van der Waals surface area contributed by atoms with Crippen LogP contribution in [0.1, 0.15) is 12.0 Å². The molecule has 1 aromatic heterocycles. The molecule has 0 radical (unpaired) electrons. The van der Waals surface area contributed by atoms with E-state index >= 15 is 0 Å². The van der Waals surface area contributed by atoms with Crippen molar-refractivity contribution in [3.8, 4) is 5.88 Å². The third-order valence-electron chi connectivity index (χ3n) is 4.09. The molecule has 0 saturated carbocycles. The molecule has 1 saturated heterocycles. The molecule has 1 aliphatic rings. The van der Waals surface area contributed by atoms with Gasteiger partial charge in [-0.2, -0.15) is 0 Å². The second kappa shape index (κ2) is 7.65. The Labute approximate surface area is 145 Å². The van der Waals surface area contributed by atoms with Crippen molar-refractivity contribution in [1.82, 2.24) is 9.88 Å². The molecule has 3 N–H and O–H groups in total. The van der Waals surface area contributed by atoms with Gasteiger partial charge in [0, 0.05) is 19.2 Å². The highest BCUT2D eigenvalue weighted by atomic mass is 16.5. The fourth-order valence-corrected chi connectivity index (χ4v) is 2.65. The number of benzene rings is 1. The first-order valence-corrected chi connectivity index (χ1v) is 8.10. The van der Waals surface area contributed by atoms with Crippen molar-refractivity contribution in [1.29, 1.82) is 0 Å². The van der Waals surface area contributed by atoms with E-state index in [1.165, 1.54) is 0 Å². The number of nitrogens with zero attached hydrogens (tertiary/aromatic N) is 2. The van der Waals surface area contributed by atoms with E-state index < -0.39 is 0 Å². The van der Waals surface area contributed by atoms with Gasteiger partial charge in [-0.05, 0) is 18.1 Å². The summed E-state index contributed by atoms with van der Waals surface area (Å²) in [5.41, 5.74) is 6.90. The summed E-state index contributed by atoms with van der Waals surface area (Å²) in [6, 6.07) is 13.0. The van der Waals surface area contributed by atoms with Gasteiger partial charge in [-0.25, -0.2) is 9.78 Å². The number of nitrogens with two attached hydrogens (primary N) is 1. The lowest BCUT2D eigenvalue weighted by atomic mass is 10.1. The number of anilines is 1. The van der Waals surface area contributed by atoms with Crippen molar-refractivity contribution in [3.05, 3.63) is 54.2 Å². The van der Waals surface area contributed by atoms with Crippen LogP contribution in [0.4, 0.5) is 10.5 Å². The van der Waals surface area contributed by atoms with E-state index in [0.717, 1.165) is 5.56 Å². The van der Waals surface area contributed by atoms with Gasteiger partial charge in [0.25, 0.3) is 0 Å². The van der Waals surface area contributed by atoms with E-state index in [0.29, 0.717) is 37.7 Å². The lowest BCUT2D eigenvalue weighted by Gasteiger charge is -2.16. The second-order valence-corrected chi connectivity index (χ2v) is 5.92. The number of pyridine rings is 1. The highest BCUT2D eigenvalue weighted by Gasteiger charge is 2.29. The predicted octanol–water partition coefficient (Wildman–Crippen LogP) is 2.00. The number of hydrogen-bond acceptors (Lipinski definition) is 4. The van der Waals surface area contributed by atoms with Gasteiger partial charge in [-0.1, -0.05) is 30.3 Å². The van der Waals surface area contributed by atoms with Gasteiger partial charge in [-0.15, -0.1) is 0 Å². The maximum atomic E-state index is 12.2. The van der Waals surface area contributed by atoms with Crippen LogP contribution in [0, 0.1) is 5.92 Å². The number of hydrogen-bond donors (Lipinski definition) is 2. The van der Waals surface area contributed by atoms with Crippen LogP contribution in [-0.4, -0.2) is 34.9 Å². The lowest BCUT2D eigenvalue weighted by Crippen LogP contribution is -2.34. The minimum absolute atomic E-state index is 0.261. The quantitative estimate of drug-likeness (QED) is 0.870. The van der Waals surface area contributed by atoms with Crippen LogP contribution < -0.4 is 15.8 Å². The van der Waals surface area contributed by atoms with Crippen molar-refractivity contribution in [2.75, 3.05) is 18.4 Å². The second-order valence-electron chi connectivity index (χ2n) is 5.92. The third-order valence-corrected chi connectivity index (χ3v) is 4.09. The van der Waals surface area contributed by atoms with Crippen molar-refractivity contribution in [2.45, 2.75) is 13.0 Å². The average Bonchev–Trinajstić information content (AvgIpc) is 3.13. The summed E-state index contributed by atoms with van der Waals surface area (Å²) in [5.74, 6) is -0.147. The number of rotatable bonds is 5. The first kappa shape index (κ1) is 16.8. The molecule has 0 spiro atoms. The van der Waals surface area contributed by atoms with Crippen LogP contribution in [0.5, 0.6) is 5.88 Å². The Bertz CT molecular complexity index is 734. The summed E-state index contributed by atoms with van der Waals surface area (Å²) in [7, 11) is 0. The molecule has 1 atom stereocenters. The van der Waals surface area contributed by atoms with Gasteiger partial charge in [0.2, 0.25) is 11.8 Å². The van der Waals surface area contributed by atoms with E-state index in [1.54, 1.807) is 23.2 Å². The van der Waals surface area contributed by atoms with Gasteiger partial charge in [-0.3, -0.25) is 4.79 Å². The van der Waals surface area contributed by atoms with Crippen LogP contribution in [0.2, 0.25) is 0 Å². The van der Waals surface area contributed by atoms with E-state index in [1.807, 2.05) is 30.3 Å². The Hall–Kier alpha value is -3.09. The molecule has 7 heteroatoms. The summed E-state index contributed by atoms with van der Waals surface area (Å²) >= 11 is 0. The molecule has 2 aromatic rings. The van der Waals surface area contributed by atoms with Crippen molar-refractivity contribution < 1.29 is 14.3 Å². The van der Waals surface area contributed by atoms with Crippen LogP contribution >= 0.6 is 0 Å². The van der Waals surface area contributed by atoms with Crippen molar-refractivity contribution >= 4 is 17.6 Å². The molecule has 1 aromatic carbocycles. The summed E-state index contributed by atoms with van der Waals surface area (Å²) in [6.45, 7) is 1.31. The zero-order chi connectivity index (χ0) is 17.6. The normalized spacial score (nSPS) is 16.5. The number of likely N-dealkylation sites (tertiary alicyclic amines) is 1. The maximum Gasteiger partial charge on any atom is 0.321 e. The number of ether oxygens (including phenoxy) is 1. The monoisotopic (exact) mass is 340 g/mol. The van der Waals surface area contributed by atoms with Gasteiger partial charge < -0.3 is 20.7 Å². The van der Waals surface area contributed by atoms with Gasteiger partial charge >= 0.3 is 6.03 Å². The number of primary amides is 1. The van der Waals surface area contributed by atoms with Gasteiger partial charge in [0.1, 0.15) is 6.61 Å². The number of amides is 3. The largest absolute Gasteiger partial charge is 0.473 e. The van der Waals surface area contributed by atoms with Crippen molar-refractivity contribution in [3.63, 3.8) is 0 Å². The molecule has 0 aliphatic carbocycles. The SMILES string of the molecule is NC(=O)C1CCN(C(=O)Nc2ccc(OCc3ccccc3)nc2)C1. The summed E-state index contributed by atoms with van der Waals surface area (Å²) in [4.78, 5) is 29.1. The lowest BCUT2D eigenvalue weighted by molar-refractivity contribution is -0.121. The molecular weight excluding hydrogens is 320 g/mol. The van der Waals surface area contributed by atoms with Crippen LogP contribution in [0.25, 0.3) is 0 Å². The Morgan fingerprint density at radius 2 is 2.04 bits per heavy atom. The number of urea groups is 1. The molecule has 2 heterocycles. The Kier molecular flexibility index (Phi) is 5.13. The third kappa shape index (κ3) is 4.47. The zero-order valence-electron chi connectivity index (χ0n) is 13.7. The van der Waals surface area contributed by atoms with Crippen LogP contribution in [0.3, 0.4) is 0 Å². The molecule has 25 heavy (non-hydrogen) atoms. The average molecular weight is 340 g/mol. The minimum atomic E-state index is -0.364. The smallest absolute Gasteiger partial charge is 0.321 e. The molecule has 1 unspecified atom stereocenters. The van der Waals surface area contributed by atoms with Gasteiger partial charge in [0.05, 0.1) is 17.8 Å². The van der Waals surface area contributed by atoms with E-state index in [4.69, 9.17) is 10.5 Å². The first-order chi connectivity index (χ1) is 12.1. The summed E-state index contributed by atoms with van der Waals surface area (Å²) in [6.07, 6.45) is 2.15. The predicted molar refractivity (Wildman–Crippen MR) is 92.9 cm³/mol. The maximum absolute atomic E-state index is 12.2. The molecule has 0 bridgehead atoms. The molecule has 130 valence electrons. The number of carbonyl (C=O) groups excluding carboxylic acids is 2. The van der Waals surface area contributed by atoms with Crippen LogP contribution in [0.15, 0.2) is 48.7 Å².